The highest BCUT2D eigenvalue weighted by Crippen LogP contribution is 2.38. The van der Waals surface area contributed by atoms with E-state index in [2.05, 4.69) is 20.4 Å². The Labute approximate surface area is 166 Å². The Morgan fingerprint density at radius 2 is 1.97 bits per heavy atom. The van der Waals surface area contributed by atoms with E-state index in [0.29, 0.717) is 30.5 Å². The van der Waals surface area contributed by atoms with E-state index in [1.54, 1.807) is 0 Å². The second-order valence-electron chi connectivity index (χ2n) is 8.03. The predicted octanol–water partition coefficient (Wildman–Crippen LogP) is 3.05. The van der Waals surface area contributed by atoms with Crippen LogP contribution in [0.25, 0.3) is 0 Å². The number of amides is 1. The van der Waals surface area contributed by atoms with E-state index in [1.165, 1.54) is 10.9 Å². The molecule has 2 aromatic heterocycles. The summed E-state index contributed by atoms with van der Waals surface area (Å²) in [6, 6.07) is 0.712. The van der Waals surface area contributed by atoms with Crippen LogP contribution in [0.1, 0.15) is 37.0 Å². The maximum atomic E-state index is 12.6. The fourth-order valence-electron chi connectivity index (χ4n) is 4.02. The molecule has 0 aromatic carbocycles. The number of nitrogens with one attached hydrogen (secondary N) is 1. The summed E-state index contributed by atoms with van der Waals surface area (Å²) in [6.07, 6.45) is -0.488. The van der Waals surface area contributed by atoms with Gasteiger partial charge in [0.2, 0.25) is 5.91 Å². The first-order chi connectivity index (χ1) is 13.6. The molecule has 0 radical (unpaired) electrons. The van der Waals surface area contributed by atoms with Gasteiger partial charge >= 0.3 is 6.18 Å². The molecular formula is C19H23F3N6O. The van der Waals surface area contributed by atoms with Gasteiger partial charge in [-0.25, -0.2) is 9.97 Å². The van der Waals surface area contributed by atoms with E-state index in [4.69, 9.17) is 0 Å². The van der Waals surface area contributed by atoms with Crippen LogP contribution in [0.5, 0.6) is 0 Å². The lowest BCUT2D eigenvalue weighted by Crippen LogP contribution is -2.45. The quantitative estimate of drug-likeness (QED) is 0.842. The third-order valence-corrected chi connectivity index (χ3v) is 5.84. The van der Waals surface area contributed by atoms with Gasteiger partial charge in [-0.2, -0.15) is 18.3 Å². The Morgan fingerprint density at radius 1 is 1.24 bits per heavy atom. The number of aromatic nitrogens is 4. The highest BCUT2D eigenvalue weighted by Gasteiger charge is 2.35. The molecule has 1 fully saturated rings. The van der Waals surface area contributed by atoms with Crippen molar-refractivity contribution < 1.29 is 18.0 Å². The molecule has 1 N–H and O–H groups in total. The Kier molecular flexibility index (Phi) is 4.74. The summed E-state index contributed by atoms with van der Waals surface area (Å²) >= 11 is 0. The summed E-state index contributed by atoms with van der Waals surface area (Å²) in [5, 5.41) is 6.49. The minimum Gasteiger partial charge on any atom is -0.346 e. The monoisotopic (exact) mass is 408 g/mol. The molecule has 0 unspecified atom stereocenters. The number of hydrogen-bond donors (Lipinski definition) is 1. The van der Waals surface area contributed by atoms with Gasteiger partial charge in [0.1, 0.15) is 17.6 Å². The van der Waals surface area contributed by atoms with E-state index in [0.717, 1.165) is 36.2 Å². The third-order valence-electron chi connectivity index (χ3n) is 5.84. The van der Waals surface area contributed by atoms with Gasteiger partial charge in [0.15, 0.2) is 11.5 Å². The van der Waals surface area contributed by atoms with Crippen molar-refractivity contribution in [3.05, 3.63) is 29.5 Å². The summed E-state index contributed by atoms with van der Waals surface area (Å²) in [5.74, 6) is 2.09. The summed E-state index contributed by atoms with van der Waals surface area (Å²) in [5.41, 5.74) is 0.547. The Hall–Kier alpha value is -2.65. The normalized spacial score (nSPS) is 24.1. The molecular weight excluding hydrogens is 385 g/mol. The van der Waals surface area contributed by atoms with Crippen LogP contribution in [0.3, 0.4) is 0 Å². The Bertz CT molecular complexity index is 935. The van der Waals surface area contributed by atoms with E-state index >= 15 is 0 Å². The Balaban J connectivity index is 1.37. The highest BCUT2D eigenvalue weighted by molar-refractivity contribution is 6.02. The standard InChI is InChI=1S/C19H23F3N6O/c1-10-16-17(27(3)11(2)18(29)25-16)24-15(23-10)8-12-6-13(7-12)9-28-5-4-14(26-28)19(20,21)22/h4-5,11-13H,6-9H2,1-3H3,(H,25,29)/t11-,12?,13?/m0/s1. The van der Waals surface area contributed by atoms with Crippen molar-refractivity contribution in [3.63, 3.8) is 0 Å². The zero-order valence-electron chi connectivity index (χ0n) is 16.5. The van der Waals surface area contributed by atoms with Gasteiger partial charge in [0, 0.05) is 26.2 Å². The van der Waals surface area contributed by atoms with E-state index in [-0.39, 0.29) is 11.9 Å². The maximum Gasteiger partial charge on any atom is 0.435 e. The molecule has 1 atom stereocenters. The number of fused-ring (bicyclic) bond motifs is 1. The van der Waals surface area contributed by atoms with Gasteiger partial charge in [-0.05, 0) is 44.6 Å². The number of alkyl halides is 3. The lowest BCUT2D eigenvalue weighted by Gasteiger charge is -2.36. The number of anilines is 2. The van der Waals surface area contributed by atoms with Gasteiger partial charge in [0.05, 0.1) is 5.69 Å². The number of rotatable bonds is 4. The first-order valence-electron chi connectivity index (χ1n) is 9.63. The van der Waals surface area contributed by atoms with E-state index < -0.39 is 11.9 Å². The van der Waals surface area contributed by atoms with Gasteiger partial charge in [-0.3, -0.25) is 9.48 Å². The van der Waals surface area contributed by atoms with Crippen LogP contribution in [-0.4, -0.2) is 38.7 Å². The van der Waals surface area contributed by atoms with Crippen LogP contribution in [0, 0.1) is 18.8 Å². The molecule has 0 saturated heterocycles. The van der Waals surface area contributed by atoms with Gasteiger partial charge < -0.3 is 10.2 Å². The molecule has 1 saturated carbocycles. The zero-order chi connectivity index (χ0) is 20.9. The lowest BCUT2D eigenvalue weighted by atomic mass is 9.73. The summed E-state index contributed by atoms with van der Waals surface area (Å²) in [6.45, 7) is 4.17. The highest BCUT2D eigenvalue weighted by atomic mass is 19.4. The molecule has 1 aliphatic carbocycles. The van der Waals surface area contributed by atoms with Crippen LogP contribution in [0.15, 0.2) is 12.3 Å². The molecule has 1 aliphatic heterocycles. The van der Waals surface area contributed by atoms with Gasteiger partial charge in [0.25, 0.3) is 0 Å². The van der Waals surface area contributed by atoms with Crippen molar-refractivity contribution in [1.82, 2.24) is 19.7 Å². The molecule has 29 heavy (non-hydrogen) atoms. The SMILES string of the molecule is Cc1nc(CC2CC(Cn3ccc(C(F)(F)F)n3)C2)nc2c1NC(=O)[C@H](C)N2C. The molecule has 0 spiro atoms. The fraction of sp³-hybridized carbons (Fsp3) is 0.579. The van der Waals surface area contributed by atoms with Crippen molar-refractivity contribution in [1.29, 1.82) is 0 Å². The molecule has 4 rings (SSSR count). The molecule has 1 amide bonds. The van der Waals surface area contributed by atoms with Crippen molar-refractivity contribution >= 4 is 17.4 Å². The molecule has 2 aromatic rings. The van der Waals surface area contributed by atoms with Crippen molar-refractivity contribution in [2.24, 2.45) is 11.8 Å². The third kappa shape index (κ3) is 3.79. The average molecular weight is 408 g/mol. The predicted molar refractivity (Wildman–Crippen MR) is 100 cm³/mol. The molecule has 7 nitrogen and oxygen atoms in total. The molecule has 0 bridgehead atoms. The number of likely N-dealkylation sites (N-methyl/N-ethyl adjacent to an activating group) is 1. The number of hydrogen-bond acceptors (Lipinski definition) is 5. The van der Waals surface area contributed by atoms with Gasteiger partial charge in [-0.15, -0.1) is 0 Å². The fourth-order valence-corrected chi connectivity index (χ4v) is 4.02. The second kappa shape index (κ2) is 7.00. The van der Waals surface area contributed by atoms with Crippen LogP contribution >= 0.6 is 0 Å². The average Bonchev–Trinajstić information content (AvgIpc) is 3.08. The molecule has 2 aliphatic rings. The number of aryl methyl sites for hydroxylation is 1. The lowest BCUT2D eigenvalue weighted by molar-refractivity contribution is -0.141. The number of nitrogens with zero attached hydrogens (tertiary/aromatic N) is 5. The number of carbonyl (C=O) groups excluding carboxylic acids is 1. The first kappa shape index (κ1) is 19.7. The summed E-state index contributed by atoms with van der Waals surface area (Å²) in [7, 11) is 1.84. The number of halogens is 3. The first-order valence-corrected chi connectivity index (χ1v) is 9.63. The van der Waals surface area contributed by atoms with Crippen molar-refractivity contribution in [3.8, 4) is 0 Å². The van der Waals surface area contributed by atoms with Crippen molar-refractivity contribution in [2.75, 3.05) is 17.3 Å². The largest absolute Gasteiger partial charge is 0.435 e. The Morgan fingerprint density at radius 3 is 2.62 bits per heavy atom. The van der Waals surface area contributed by atoms with Crippen LogP contribution in [0.2, 0.25) is 0 Å². The molecule has 3 heterocycles. The van der Waals surface area contributed by atoms with E-state index in [9.17, 15) is 18.0 Å². The van der Waals surface area contributed by atoms with Gasteiger partial charge in [-0.1, -0.05) is 0 Å². The van der Waals surface area contributed by atoms with Crippen LogP contribution in [0.4, 0.5) is 24.7 Å². The topological polar surface area (TPSA) is 75.9 Å². The summed E-state index contributed by atoms with van der Waals surface area (Å²) < 4.78 is 39.3. The van der Waals surface area contributed by atoms with Crippen LogP contribution < -0.4 is 10.2 Å². The van der Waals surface area contributed by atoms with E-state index in [1.807, 2.05) is 25.8 Å². The minimum absolute atomic E-state index is 0.0754. The summed E-state index contributed by atoms with van der Waals surface area (Å²) in [4.78, 5) is 23.1. The minimum atomic E-state index is -4.40. The molecule has 10 heteroatoms. The smallest absolute Gasteiger partial charge is 0.346 e. The maximum absolute atomic E-state index is 12.6. The zero-order valence-corrected chi connectivity index (χ0v) is 16.5. The number of carbonyl (C=O) groups is 1. The molecule has 156 valence electrons. The van der Waals surface area contributed by atoms with Crippen LogP contribution in [-0.2, 0) is 23.9 Å². The second-order valence-corrected chi connectivity index (χ2v) is 8.03. The van der Waals surface area contributed by atoms with Crippen molar-refractivity contribution in [2.45, 2.75) is 51.9 Å².